The second-order valence-corrected chi connectivity index (χ2v) is 8.79. The number of hydrogen-bond donors (Lipinski definition) is 1. The van der Waals surface area contributed by atoms with E-state index >= 15 is 0 Å². The van der Waals surface area contributed by atoms with E-state index in [0.29, 0.717) is 26.2 Å². The molecule has 0 aromatic rings. The molecule has 0 bridgehead atoms. The number of piperidine rings is 1. The maximum Gasteiger partial charge on any atom is 0.302 e. The molecule has 0 aliphatic carbocycles. The molecule has 2 rings (SSSR count). The zero-order chi connectivity index (χ0) is 19.8. The number of rotatable bonds is 5. The minimum absolute atomic E-state index is 0.00629. The summed E-state index contributed by atoms with van der Waals surface area (Å²) in [6, 6.07) is 0. The van der Waals surface area contributed by atoms with Crippen molar-refractivity contribution in [3.63, 3.8) is 0 Å². The number of carbonyl (C=O) groups is 1. The summed E-state index contributed by atoms with van der Waals surface area (Å²) in [4.78, 5) is 11.2. The van der Waals surface area contributed by atoms with Crippen LogP contribution in [0.1, 0.15) is 74.1 Å². The first-order valence-corrected chi connectivity index (χ1v) is 9.93. The van der Waals surface area contributed by atoms with E-state index in [9.17, 15) is 10.0 Å². The summed E-state index contributed by atoms with van der Waals surface area (Å²) >= 11 is 0. The first-order valence-electron chi connectivity index (χ1n) is 9.93. The first-order chi connectivity index (χ1) is 12.0. The highest BCUT2D eigenvalue weighted by atomic mass is 16.7. The lowest BCUT2D eigenvalue weighted by molar-refractivity contribution is -0.403. The van der Waals surface area contributed by atoms with Crippen molar-refractivity contribution in [2.75, 3.05) is 19.8 Å². The SMILES string of the molecule is CCC1(COC(C)=O)COC2(CC(C)(CC)N(O)C(C)(CC)C2C)OC1. The van der Waals surface area contributed by atoms with Crippen molar-refractivity contribution < 1.29 is 24.2 Å². The Morgan fingerprint density at radius 3 is 2.15 bits per heavy atom. The van der Waals surface area contributed by atoms with Crippen LogP contribution in [0.5, 0.6) is 0 Å². The number of nitrogens with zero attached hydrogens (tertiary/aromatic N) is 1. The standard InChI is InChI=1S/C20H37NO5/c1-8-17(6)11-20(15(4)18(7,9-2)21(17)23)25-13-19(10-3,14-26-20)12-24-16(5)22/h15,23H,8-14H2,1-7H3. The highest BCUT2D eigenvalue weighted by Gasteiger charge is 2.63. The van der Waals surface area contributed by atoms with E-state index in [1.165, 1.54) is 6.92 Å². The van der Waals surface area contributed by atoms with E-state index in [-0.39, 0.29) is 17.3 Å². The van der Waals surface area contributed by atoms with Gasteiger partial charge in [-0.25, -0.2) is 0 Å². The van der Waals surface area contributed by atoms with E-state index in [0.717, 1.165) is 19.3 Å². The van der Waals surface area contributed by atoms with Crippen LogP contribution in [0.15, 0.2) is 0 Å². The summed E-state index contributed by atoms with van der Waals surface area (Å²) in [6.45, 7) is 15.2. The minimum Gasteiger partial charge on any atom is -0.465 e. The molecule has 2 aliphatic rings. The predicted molar refractivity (Wildman–Crippen MR) is 98.8 cm³/mol. The van der Waals surface area contributed by atoms with Gasteiger partial charge in [0.15, 0.2) is 5.79 Å². The molecule has 0 aromatic carbocycles. The van der Waals surface area contributed by atoms with Gasteiger partial charge in [-0.1, -0.05) is 27.7 Å². The molecule has 6 nitrogen and oxygen atoms in total. The molecule has 0 aromatic heterocycles. The van der Waals surface area contributed by atoms with Crippen LogP contribution >= 0.6 is 0 Å². The van der Waals surface area contributed by atoms with Crippen molar-refractivity contribution in [3.05, 3.63) is 0 Å². The van der Waals surface area contributed by atoms with Crippen LogP contribution < -0.4 is 0 Å². The van der Waals surface area contributed by atoms with Gasteiger partial charge in [0.1, 0.15) is 6.61 Å². The summed E-state index contributed by atoms with van der Waals surface area (Å²) in [5, 5.41) is 12.5. The molecule has 2 heterocycles. The van der Waals surface area contributed by atoms with Crippen molar-refractivity contribution in [1.82, 2.24) is 5.06 Å². The quantitative estimate of drug-likeness (QED) is 0.742. The molecule has 1 N–H and O–H groups in total. The maximum absolute atomic E-state index is 11.2. The zero-order valence-electron chi connectivity index (χ0n) is 17.6. The average molecular weight is 372 g/mol. The van der Waals surface area contributed by atoms with E-state index in [2.05, 4.69) is 41.5 Å². The highest BCUT2D eigenvalue weighted by Crippen LogP contribution is 2.53. The molecule has 2 aliphatic heterocycles. The summed E-state index contributed by atoms with van der Waals surface area (Å²) in [7, 11) is 0. The molecular formula is C20H37NO5. The number of ether oxygens (including phenoxy) is 3. The van der Waals surface area contributed by atoms with Crippen LogP contribution in [0.4, 0.5) is 0 Å². The minimum atomic E-state index is -0.732. The zero-order valence-corrected chi connectivity index (χ0v) is 17.6. The number of esters is 1. The normalized spacial score (nSPS) is 44.2. The van der Waals surface area contributed by atoms with Crippen molar-refractivity contribution in [1.29, 1.82) is 0 Å². The molecule has 2 fully saturated rings. The third kappa shape index (κ3) is 3.41. The Bertz CT molecular complexity index is 516. The van der Waals surface area contributed by atoms with Gasteiger partial charge in [0.2, 0.25) is 0 Å². The molecule has 152 valence electrons. The van der Waals surface area contributed by atoms with Gasteiger partial charge < -0.3 is 19.4 Å². The fourth-order valence-electron chi connectivity index (χ4n) is 4.39. The van der Waals surface area contributed by atoms with Crippen molar-refractivity contribution in [3.8, 4) is 0 Å². The fourth-order valence-corrected chi connectivity index (χ4v) is 4.39. The predicted octanol–water partition coefficient (Wildman–Crippen LogP) is 3.76. The highest BCUT2D eigenvalue weighted by molar-refractivity contribution is 5.65. The van der Waals surface area contributed by atoms with Gasteiger partial charge in [-0.15, -0.1) is 0 Å². The second kappa shape index (κ2) is 7.38. The Hall–Kier alpha value is -0.690. The molecule has 0 amide bonds. The molecule has 0 radical (unpaired) electrons. The average Bonchev–Trinajstić information content (AvgIpc) is 2.64. The molecule has 1 spiro atoms. The lowest BCUT2D eigenvalue weighted by Gasteiger charge is -2.63. The molecule has 2 saturated heterocycles. The molecule has 0 saturated carbocycles. The molecule has 6 heteroatoms. The van der Waals surface area contributed by atoms with Gasteiger partial charge in [-0.3, -0.25) is 4.79 Å². The Morgan fingerprint density at radius 2 is 1.73 bits per heavy atom. The number of hydroxylamine groups is 2. The van der Waals surface area contributed by atoms with E-state index in [1.807, 2.05) is 0 Å². The lowest BCUT2D eigenvalue weighted by atomic mass is 9.67. The maximum atomic E-state index is 11.2. The largest absolute Gasteiger partial charge is 0.465 e. The Labute approximate surface area is 158 Å². The molecule has 3 atom stereocenters. The van der Waals surface area contributed by atoms with E-state index in [4.69, 9.17) is 14.2 Å². The third-order valence-corrected chi connectivity index (χ3v) is 7.27. The Kier molecular flexibility index (Phi) is 6.13. The fraction of sp³-hybridized carbons (Fsp3) is 0.950. The summed E-state index contributed by atoms with van der Waals surface area (Å²) in [6.07, 6.45) is 3.01. The van der Waals surface area contributed by atoms with Crippen LogP contribution in [0.2, 0.25) is 0 Å². The van der Waals surface area contributed by atoms with Crippen LogP contribution in [0.25, 0.3) is 0 Å². The van der Waals surface area contributed by atoms with Crippen molar-refractivity contribution in [2.45, 2.75) is 91.0 Å². The molecule has 3 unspecified atom stereocenters. The van der Waals surface area contributed by atoms with Gasteiger partial charge in [0.05, 0.1) is 24.2 Å². The molecule has 26 heavy (non-hydrogen) atoms. The van der Waals surface area contributed by atoms with Crippen LogP contribution in [0.3, 0.4) is 0 Å². The monoisotopic (exact) mass is 371 g/mol. The second-order valence-electron chi connectivity index (χ2n) is 8.79. The van der Waals surface area contributed by atoms with Gasteiger partial charge in [-0.05, 0) is 33.1 Å². The van der Waals surface area contributed by atoms with Crippen molar-refractivity contribution in [2.24, 2.45) is 11.3 Å². The Morgan fingerprint density at radius 1 is 1.15 bits per heavy atom. The third-order valence-electron chi connectivity index (χ3n) is 7.27. The number of carbonyl (C=O) groups excluding carboxylic acids is 1. The summed E-state index contributed by atoms with van der Waals surface area (Å²) in [5.41, 5.74) is -1.16. The lowest BCUT2D eigenvalue weighted by Crippen LogP contribution is -2.73. The van der Waals surface area contributed by atoms with Gasteiger partial charge in [-0.2, -0.15) is 5.06 Å². The van der Waals surface area contributed by atoms with E-state index < -0.39 is 16.9 Å². The first kappa shape index (κ1) is 21.6. The van der Waals surface area contributed by atoms with Gasteiger partial charge in [0, 0.05) is 24.8 Å². The van der Waals surface area contributed by atoms with Gasteiger partial charge in [0.25, 0.3) is 0 Å². The van der Waals surface area contributed by atoms with Crippen LogP contribution in [-0.4, -0.2) is 52.9 Å². The smallest absolute Gasteiger partial charge is 0.302 e. The van der Waals surface area contributed by atoms with Crippen LogP contribution in [0, 0.1) is 11.3 Å². The van der Waals surface area contributed by atoms with Gasteiger partial charge >= 0.3 is 5.97 Å². The summed E-state index contributed by atoms with van der Waals surface area (Å²) < 4.78 is 18.2. The van der Waals surface area contributed by atoms with E-state index in [1.54, 1.807) is 5.06 Å². The number of hydrogen-bond acceptors (Lipinski definition) is 6. The van der Waals surface area contributed by atoms with Crippen molar-refractivity contribution >= 4 is 5.97 Å². The molecular weight excluding hydrogens is 334 g/mol. The van der Waals surface area contributed by atoms with Crippen LogP contribution in [-0.2, 0) is 19.0 Å². The topological polar surface area (TPSA) is 68.2 Å². The summed E-state index contributed by atoms with van der Waals surface area (Å²) in [5.74, 6) is -1.02. The Balaban J connectivity index is 2.28.